The Bertz CT molecular complexity index is 442. The number of amidine groups is 1. The molecule has 1 heterocycles. The van der Waals surface area contributed by atoms with Crippen molar-refractivity contribution in [3.63, 3.8) is 0 Å². The van der Waals surface area contributed by atoms with Gasteiger partial charge in [-0.2, -0.15) is 11.8 Å². The van der Waals surface area contributed by atoms with Crippen molar-refractivity contribution in [1.82, 2.24) is 4.90 Å². The first kappa shape index (κ1) is 15.2. The smallest absolute Gasteiger partial charge is 0.141 e. The monoisotopic (exact) mass is 293 g/mol. The minimum absolute atomic E-state index is 0.179. The lowest BCUT2D eigenvalue weighted by Crippen LogP contribution is -2.43. The Labute approximate surface area is 125 Å². The van der Waals surface area contributed by atoms with Crippen LogP contribution >= 0.6 is 11.8 Å². The molecule has 0 aliphatic carbocycles. The van der Waals surface area contributed by atoms with E-state index in [1.165, 1.54) is 5.56 Å². The summed E-state index contributed by atoms with van der Waals surface area (Å²) in [6.07, 6.45) is 0.560. The van der Waals surface area contributed by atoms with Crippen LogP contribution in [0.3, 0.4) is 0 Å². The molecule has 1 fully saturated rings. The summed E-state index contributed by atoms with van der Waals surface area (Å²) in [4.78, 5) is 2.46. The second-order valence-electron chi connectivity index (χ2n) is 5.43. The summed E-state index contributed by atoms with van der Waals surface area (Å²) in [5.74, 6) is 0.289. The first-order valence-corrected chi connectivity index (χ1v) is 7.95. The molecule has 1 aromatic rings. The van der Waals surface area contributed by atoms with E-state index in [0.717, 1.165) is 13.1 Å². The van der Waals surface area contributed by atoms with Crippen molar-refractivity contribution in [3.05, 3.63) is 35.9 Å². The van der Waals surface area contributed by atoms with E-state index in [4.69, 9.17) is 10.9 Å². The van der Waals surface area contributed by atoms with Crippen molar-refractivity contribution in [1.29, 1.82) is 0 Å². The van der Waals surface area contributed by atoms with Gasteiger partial charge in [-0.15, -0.1) is 0 Å². The minimum Gasteiger partial charge on any atom is -0.409 e. The average Bonchev–Trinajstić information content (AvgIpc) is 2.44. The van der Waals surface area contributed by atoms with Crippen LogP contribution in [-0.4, -0.2) is 39.5 Å². The third-order valence-corrected chi connectivity index (χ3v) is 4.83. The van der Waals surface area contributed by atoms with Gasteiger partial charge in [0.05, 0.1) is 0 Å². The highest BCUT2D eigenvalue weighted by atomic mass is 32.2. The molecule has 0 radical (unpaired) electrons. The molecule has 5 heteroatoms. The van der Waals surface area contributed by atoms with Gasteiger partial charge in [0.1, 0.15) is 5.84 Å². The van der Waals surface area contributed by atoms with Gasteiger partial charge >= 0.3 is 0 Å². The molecular formula is C15H23N3OS. The van der Waals surface area contributed by atoms with Crippen molar-refractivity contribution in [2.24, 2.45) is 10.9 Å². The number of thioether (sulfide) groups is 1. The standard InChI is InChI=1S/C15H23N3OS/c1-11-9-18(10-12(2)20-11)14(8-15(16)17-19)13-6-4-3-5-7-13/h3-7,11-12,14,19H,8-10H2,1-2H3,(H2,16,17). The largest absolute Gasteiger partial charge is 0.409 e. The highest BCUT2D eigenvalue weighted by molar-refractivity contribution is 8.00. The number of nitrogens with zero attached hydrogens (tertiary/aromatic N) is 2. The summed E-state index contributed by atoms with van der Waals surface area (Å²) in [5.41, 5.74) is 6.98. The SMILES string of the molecule is CC1CN(C(CC(N)=NO)c2ccccc2)CC(C)S1. The molecule has 3 atom stereocenters. The van der Waals surface area contributed by atoms with Crippen LogP contribution in [0, 0.1) is 0 Å². The maximum Gasteiger partial charge on any atom is 0.141 e. The molecule has 110 valence electrons. The Hall–Kier alpha value is -1.20. The van der Waals surface area contributed by atoms with Crippen molar-refractivity contribution in [3.8, 4) is 0 Å². The van der Waals surface area contributed by atoms with Crippen LogP contribution in [0.2, 0.25) is 0 Å². The van der Waals surface area contributed by atoms with Gasteiger partial charge in [0.25, 0.3) is 0 Å². The van der Waals surface area contributed by atoms with Crippen LogP contribution in [-0.2, 0) is 0 Å². The lowest BCUT2D eigenvalue weighted by Gasteiger charge is -2.40. The van der Waals surface area contributed by atoms with E-state index in [2.05, 4.69) is 36.0 Å². The fraction of sp³-hybridized carbons (Fsp3) is 0.533. The number of nitrogens with two attached hydrogens (primary N) is 1. The van der Waals surface area contributed by atoms with Crippen LogP contribution in [0.5, 0.6) is 0 Å². The molecule has 20 heavy (non-hydrogen) atoms. The Balaban J connectivity index is 2.22. The van der Waals surface area contributed by atoms with Gasteiger partial charge < -0.3 is 10.9 Å². The quantitative estimate of drug-likeness (QED) is 0.388. The van der Waals surface area contributed by atoms with Gasteiger partial charge in [-0.1, -0.05) is 49.3 Å². The lowest BCUT2D eigenvalue weighted by molar-refractivity contribution is 0.197. The van der Waals surface area contributed by atoms with Gasteiger partial charge in [-0.05, 0) is 5.56 Å². The first-order valence-electron chi connectivity index (χ1n) is 7.01. The molecule has 0 aromatic heterocycles. The normalized spacial score (nSPS) is 26.4. The van der Waals surface area contributed by atoms with E-state index in [9.17, 15) is 0 Å². The van der Waals surface area contributed by atoms with Gasteiger partial charge in [-0.3, -0.25) is 4.90 Å². The molecule has 3 unspecified atom stereocenters. The highest BCUT2D eigenvalue weighted by Crippen LogP contribution is 2.32. The predicted octanol–water partition coefficient (Wildman–Crippen LogP) is 2.69. The summed E-state index contributed by atoms with van der Waals surface area (Å²) in [6.45, 7) is 6.60. The van der Waals surface area contributed by atoms with Crippen LogP contribution < -0.4 is 5.73 Å². The molecule has 4 nitrogen and oxygen atoms in total. The molecule has 0 bridgehead atoms. The average molecular weight is 293 g/mol. The highest BCUT2D eigenvalue weighted by Gasteiger charge is 2.29. The summed E-state index contributed by atoms with van der Waals surface area (Å²) >= 11 is 2.03. The third-order valence-electron chi connectivity index (χ3n) is 3.60. The lowest BCUT2D eigenvalue weighted by atomic mass is 10.0. The molecule has 1 aliphatic heterocycles. The summed E-state index contributed by atoms with van der Waals surface area (Å²) in [6, 6.07) is 10.5. The van der Waals surface area contributed by atoms with Crippen molar-refractivity contribution < 1.29 is 5.21 Å². The molecule has 1 aromatic carbocycles. The number of oxime groups is 1. The van der Waals surface area contributed by atoms with Gasteiger partial charge in [0.2, 0.25) is 0 Å². The van der Waals surface area contributed by atoms with Crippen molar-refractivity contribution in [2.45, 2.75) is 36.8 Å². The first-order chi connectivity index (χ1) is 9.60. The van der Waals surface area contributed by atoms with E-state index in [0.29, 0.717) is 16.9 Å². The van der Waals surface area contributed by atoms with Crippen molar-refractivity contribution >= 4 is 17.6 Å². The molecular weight excluding hydrogens is 270 g/mol. The van der Waals surface area contributed by atoms with E-state index < -0.39 is 0 Å². The van der Waals surface area contributed by atoms with Crippen LogP contribution in [0.25, 0.3) is 0 Å². The number of hydrogen-bond acceptors (Lipinski definition) is 4. The fourth-order valence-electron chi connectivity index (χ4n) is 2.84. The van der Waals surface area contributed by atoms with Gasteiger partial charge in [0.15, 0.2) is 0 Å². The zero-order chi connectivity index (χ0) is 14.5. The zero-order valence-electron chi connectivity index (χ0n) is 12.1. The molecule has 2 rings (SSSR count). The van der Waals surface area contributed by atoms with Crippen molar-refractivity contribution in [2.75, 3.05) is 13.1 Å². The summed E-state index contributed by atoms with van der Waals surface area (Å²) in [5, 5.41) is 13.2. The minimum atomic E-state index is 0.179. The summed E-state index contributed by atoms with van der Waals surface area (Å²) < 4.78 is 0. The van der Waals surface area contributed by atoms with E-state index in [-0.39, 0.29) is 11.9 Å². The predicted molar refractivity (Wildman–Crippen MR) is 85.3 cm³/mol. The molecule has 3 N–H and O–H groups in total. The van der Waals surface area contributed by atoms with Crippen LogP contribution in [0.4, 0.5) is 0 Å². The number of rotatable bonds is 4. The zero-order valence-corrected chi connectivity index (χ0v) is 12.9. The number of hydrogen-bond donors (Lipinski definition) is 2. The van der Waals surface area contributed by atoms with E-state index in [1.54, 1.807) is 0 Å². The number of benzene rings is 1. The second-order valence-corrected chi connectivity index (χ2v) is 7.31. The Morgan fingerprint density at radius 3 is 2.50 bits per heavy atom. The van der Waals surface area contributed by atoms with Crippen LogP contribution in [0.15, 0.2) is 35.5 Å². The Morgan fingerprint density at radius 2 is 1.95 bits per heavy atom. The molecule has 0 saturated carbocycles. The third kappa shape index (κ3) is 3.90. The van der Waals surface area contributed by atoms with E-state index >= 15 is 0 Å². The maximum atomic E-state index is 8.87. The molecule has 1 aliphatic rings. The van der Waals surface area contributed by atoms with Crippen LogP contribution in [0.1, 0.15) is 31.9 Å². The van der Waals surface area contributed by atoms with E-state index in [1.807, 2.05) is 30.0 Å². The Kier molecular flexibility index (Phi) is 5.31. The topological polar surface area (TPSA) is 61.8 Å². The molecule has 0 amide bonds. The summed E-state index contributed by atoms with van der Waals surface area (Å²) in [7, 11) is 0. The second kappa shape index (κ2) is 6.99. The van der Waals surface area contributed by atoms with Gasteiger partial charge in [-0.25, -0.2) is 0 Å². The maximum absolute atomic E-state index is 8.87. The Morgan fingerprint density at radius 1 is 1.35 bits per heavy atom. The fourth-order valence-corrected chi connectivity index (χ4v) is 4.19. The molecule has 1 saturated heterocycles. The molecule has 0 spiro atoms. The van der Waals surface area contributed by atoms with Gasteiger partial charge in [0, 0.05) is 36.1 Å².